The van der Waals surface area contributed by atoms with Crippen LogP contribution in [0.25, 0.3) is 56.9 Å². The molecule has 6 aromatic rings. The van der Waals surface area contributed by atoms with E-state index < -0.39 is 0 Å². The maximum Gasteiger partial charge on any atom is 0.163 e. The van der Waals surface area contributed by atoms with E-state index in [4.69, 9.17) is 44.9 Å². The Morgan fingerprint density at radius 3 is 0.885 bits per heavy atom. The molecule has 0 aliphatic carbocycles. The van der Waals surface area contributed by atoms with Crippen molar-refractivity contribution in [2.24, 2.45) is 0 Å². The second-order valence-electron chi connectivity index (χ2n) is 17.4. The first-order valence-corrected chi connectivity index (χ1v) is 17.8. The highest BCUT2D eigenvalue weighted by Gasteiger charge is 2.27. The summed E-state index contributed by atoms with van der Waals surface area (Å²) < 4.78 is 0. The first-order chi connectivity index (χ1) is 24.3. The molecule has 9 heteroatoms. The third-order valence-electron chi connectivity index (χ3n) is 8.40. The summed E-state index contributed by atoms with van der Waals surface area (Å²) in [5.41, 5.74) is 3.38. The van der Waals surface area contributed by atoms with Gasteiger partial charge in [0.2, 0.25) is 0 Å². The van der Waals surface area contributed by atoms with E-state index in [-0.39, 0.29) is 21.7 Å². The minimum Gasteiger partial charge on any atom is -0.217 e. The molecule has 0 aliphatic heterocycles. The van der Waals surface area contributed by atoms with Crippen LogP contribution in [0.15, 0.2) is 78.9 Å². The van der Waals surface area contributed by atoms with Gasteiger partial charge in [0.15, 0.2) is 29.1 Å². The number of benzene rings is 3. The molecule has 0 saturated heterocycles. The van der Waals surface area contributed by atoms with Gasteiger partial charge in [-0.3, -0.25) is 0 Å². The number of rotatable bonds is 5. The highest BCUT2D eigenvalue weighted by molar-refractivity contribution is 5.69. The van der Waals surface area contributed by atoms with Gasteiger partial charge in [-0.15, -0.1) is 0 Å². The van der Waals surface area contributed by atoms with Crippen molar-refractivity contribution < 1.29 is 0 Å². The standard InChI is InChI=1S/C43H49N9/c1-40(2,3)36-46-31(26-17-14-13-15-18-26)44-32(47-36)27-21-23-28(24-22-27)33-45-34(49-37(48-33)41(4,5)6)29-19-16-20-30(25-29)35-50-38(42(7,8)9)52-39(51-35)43(10,11)12/h13-25H,1-12H3. The molecule has 0 N–H and O–H groups in total. The monoisotopic (exact) mass is 691 g/mol. The summed E-state index contributed by atoms with van der Waals surface area (Å²) in [6.45, 7) is 25.4. The third kappa shape index (κ3) is 8.09. The summed E-state index contributed by atoms with van der Waals surface area (Å²) in [5, 5.41) is 0. The van der Waals surface area contributed by atoms with E-state index in [1.807, 2.05) is 72.8 Å². The van der Waals surface area contributed by atoms with E-state index in [1.165, 1.54) is 0 Å². The van der Waals surface area contributed by atoms with Crippen molar-refractivity contribution in [3.05, 3.63) is 102 Å². The van der Waals surface area contributed by atoms with E-state index in [2.05, 4.69) is 89.2 Å². The van der Waals surface area contributed by atoms with Gasteiger partial charge in [-0.05, 0) is 6.07 Å². The van der Waals surface area contributed by atoms with Crippen molar-refractivity contribution in [3.63, 3.8) is 0 Å². The van der Waals surface area contributed by atoms with Gasteiger partial charge in [0.25, 0.3) is 0 Å². The van der Waals surface area contributed by atoms with Crippen LogP contribution in [0.2, 0.25) is 0 Å². The summed E-state index contributed by atoms with van der Waals surface area (Å²) >= 11 is 0. The van der Waals surface area contributed by atoms with Gasteiger partial charge >= 0.3 is 0 Å². The molecular formula is C43H49N9. The van der Waals surface area contributed by atoms with Gasteiger partial charge in [0.05, 0.1) is 0 Å². The second-order valence-corrected chi connectivity index (χ2v) is 17.4. The Hall–Kier alpha value is -5.31. The molecule has 0 spiro atoms. The van der Waals surface area contributed by atoms with Crippen molar-refractivity contribution in [3.8, 4) is 56.9 Å². The molecule has 0 fully saturated rings. The first kappa shape index (κ1) is 36.5. The summed E-state index contributed by atoms with van der Waals surface area (Å²) in [5.74, 6) is 6.05. The molecule has 52 heavy (non-hydrogen) atoms. The molecule has 0 radical (unpaired) electrons. The molecule has 0 unspecified atom stereocenters. The highest BCUT2D eigenvalue weighted by Crippen LogP contribution is 2.32. The molecule has 0 aliphatic rings. The van der Waals surface area contributed by atoms with Crippen molar-refractivity contribution in [2.45, 2.75) is 105 Å². The molecule has 0 saturated carbocycles. The van der Waals surface area contributed by atoms with Crippen molar-refractivity contribution in [1.29, 1.82) is 0 Å². The second kappa shape index (κ2) is 13.3. The quantitative estimate of drug-likeness (QED) is 0.174. The van der Waals surface area contributed by atoms with Crippen LogP contribution in [0.1, 0.15) is 106 Å². The lowest BCUT2D eigenvalue weighted by Crippen LogP contribution is -2.24. The molecule has 0 bridgehead atoms. The molecule has 0 amide bonds. The Balaban J connectivity index is 1.42. The molecule has 3 aromatic carbocycles. The van der Waals surface area contributed by atoms with Gasteiger partial charge in [-0.2, -0.15) is 0 Å². The lowest BCUT2D eigenvalue weighted by molar-refractivity contribution is 0.497. The van der Waals surface area contributed by atoms with E-state index in [9.17, 15) is 0 Å². The van der Waals surface area contributed by atoms with Crippen molar-refractivity contribution in [1.82, 2.24) is 44.9 Å². The van der Waals surface area contributed by atoms with E-state index >= 15 is 0 Å². The van der Waals surface area contributed by atoms with Crippen LogP contribution >= 0.6 is 0 Å². The smallest absolute Gasteiger partial charge is 0.163 e. The fourth-order valence-electron chi connectivity index (χ4n) is 5.27. The number of nitrogens with zero attached hydrogens (tertiary/aromatic N) is 9. The molecule has 3 aromatic heterocycles. The van der Waals surface area contributed by atoms with Crippen LogP contribution in [0.3, 0.4) is 0 Å². The Morgan fingerprint density at radius 2 is 0.538 bits per heavy atom. The fourth-order valence-corrected chi connectivity index (χ4v) is 5.27. The maximum absolute atomic E-state index is 5.02. The van der Waals surface area contributed by atoms with E-state index in [0.29, 0.717) is 34.9 Å². The molecule has 0 atom stereocenters. The minimum atomic E-state index is -0.316. The van der Waals surface area contributed by atoms with Crippen molar-refractivity contribution >= 4 is 0 Å². The molecule has 3 heterocycles. The summed E-state index contributed by atoms with van der Waals surface area (Å²) in [6, 6.07) is 26.2. The first-order valence-electron chi connectivity index (χ1n) is 17.8. The van der Waals surface area contributed by atoms with Crippen LogP contribution in [0, 0.1) is 0 Å². The number of aromatic nitrogens is 9. The maximum atomic E-state index is 5.02. The molecular weight excluding hydrogens is 643 g/mol. The number of hydrogen-bond acceptors (Lipinski definition) is 9. The number of hydrogen-bond donors (Lipinski definition) is 0. The van der Waals surface area contributed by atoms with Crippen LogP contribution in [-0.2, 0) is 21.7 Å². The summed E-state index contributed by atoms with van der Waals surface area (Å²) in [7, 11) is 0. The zero-order valence-electron chi connectivity index (χ0n) is 32.5. The van der Waals surface area contributed by atoms with E-state index in [1.54, 1.807) is 0 Å². The Morgan fingerprint density at radius 1 is 0.269 bits per heavy atom. The van der Waals surface area contributed by atoms with Gasteiger partial charge in [-0.1, -0.05) is 156 Å². The molecule has 266 valence electrons. The van der Waals surface area contributed by atoms with Crippen molar-refractivity contribution in [2.75, 3.05) is 0 Å². The van der Waals surface area contributed by atoms with Crippen LogP contribution < -0.4 is 0 Å². The van der Waals surface area contributed by atoms with Crippen LogP contribution in [0.4, 0.5) is 0 Å². The SMILES string of the molecule is CC(C)(C)c1nc(-c2ccccc2)nc(-c2ccc(-c3nc(-c4cccc(-c5nc(C(C)(C)C)nc(C(C)(C)C)n5)c4)nc(C(C)(C)C)n3)cc2)n1. The average Bonchev–Trinajstić information content (AvgIpc) is 3.10. The zero-order valence-corrected chi connectivity index (χ0v) is 32.5. The Bertz CT molecular complexity index is 2180. The Kier molecular flexibility index (Phi) is 9.36. The summed E-state index contributed by atoms with van der Waals surface area (Å²) in [4.78, 5) is 44.3. The lowest BCUT2D eigenvalue weighted by atomic mass is 9.93. The Labute approximate surface area is 308 Å². The molecule has 9 nitrogen and oxygen atoms in total. The van der Waals surface area contributed by atoms with E-state index in [0.717, 1.165) is 45.3 Å². The lowest BCUT2D eigenvalue weighted by Gasteiger charge is -2.22. The van der Waals surface area contributed by atoms with Crippen LogP contribution in [0.5, 0.6) is 0 Å². The van der Waals surface area contributed by atoms with Gasteiger partial charge in [0, 0.05) is 49.5 Å². The van der Waals surface area contributed by atoms with Gasteiger partial charge in [0.1, 0.15) is 23.3 Å². The van der Waals surface area contributed by atoms with Crippen LogP contribution in [-0.4, -0.2) is 44.9 Å². The molecule has 6 rings (SSSR count). The predicted molar refractivity (Wildman–Crippen MR) is 209 cm³/mol. The summed E-state index contributed by atoms with van der Waals surface area (Å²) in [6.07, 6.45) is 0. The zero-order chi connectivity index (χ0) is 37.6. The minimum absolute atomic E-state index is 0.238. The fraction of sp³-hybridized carbons (Fsp3) is 0.372. The topological polar surface area (TPSA) is 116 Å². The predicted octanol–water partition coefficient (Wildman–Crippen LogP) is 9.77. The largest absolute Gasteiger partial charge is 0.217 e. The average molecular weight is 692 g/mol. The third-order valence-corrected chi connectivity index (χ3v) is 8.40. The highest BCUT2D eigenvalue weighted by atomic mass is 15.1. The normalized spacial score (nSPS) is 12.6. The van der Waals surface area contributed by atoms with Gasteiger partial charge in [-0.25, -0.2) is 44.9 Å². The van der Waals surface area contributed by atoms with Gasteiger partial charge < -0.3 is 0 Å².